The molecule has 1 aromatic carbocycles. The van der Waals surface area contributed by atoms with Gasteiger partial charge in [0.2, 0.25) is 0 Å². The fourth-order valence-corrected chi connectivity index (χ4v) is 3.33. The number of carbonyl (C=O) groups is 2. The van der Waals surface area contributed by atoms with Crippen LogP contribution in [0.1, 0.15) is 11.6 Å². The van der Waals surface area contributed by atoms with Gasteiger partial charge in [-0.15, -0.1) is 0 Å². The second kappa shape index (κ2) is 11.1. The lowest BCUT2D eigenvalue weighted by Gasteiger charge is -2.38. The van der Waals surface area contributed by atoms with E-state index in [0.717, 1.165) is 37.4 Å². The number of amides is 2. The van der Waals surface area contributed by atoms with Crippen molar-refractivity contribution < 1.29 is 9.59 Å². The molecule has 1 fully saturated rings. The molecule has 1 heterocycles. The maximum atomic E-state index is 12.3. The molecule has 1 unspecified atom stereocenters. The first kappa shape index (κ1) is 23.1. The summed E-state index contributed by atoms with van der Waals surface area (Å²) in [5.41, 5.74) is 2.28. The van der Waals surface area contributed by atoms with E-state index in [4.69, 9.17) is 0 Å². The van der Waals surface area contributed by atoms with Crippen molar-refractivity contribution in [3.8, 4) is 0 Å². The van der Waals surface area contributed by atoms with E-state index < -0.39 is 11.8 Å². The van der Waals surface area contributed by atoms with Crippen molar-refractivity contribution in [2.45, 2.75) is 6.04 Å². The summed E-state index contributed by atoms with van der Waals surface area (Å²) >= 11 is 0. The molecule has 1 aromatic rings. The van der Waals surface area contributed by atoms with Gasteiger partial charge in [0.1, 0.15) is 0 Å². The van der Waals surface area contributed by atoms with E-state index in [1.54, 1.807) is 0 Å². The van der Waals surface area contributed by atoms with Crippen LogP contribution in [0.25, 0.3) is 0 Å². The Hall–Kier alpha value is -2.16. The number of carbonyl (C=O) groups excluding carboxylic acids is 2. The maximum Gasteiger partial charge on any atom is 0.309 e. The average Bonchev–Trinajstić information content (AvgIpc) is 2.69. The van der Waals surface area contributed by atoms with Gasteiger partial charge in [-0.2, -0.15) is 0 Å². The Morgan fingerprint density at radius 1 is 0.966 bits per heavy atom. The van der Waals surface area contributed by atoms with Gasteiger partial charge in [0, 0.05) is 65.6 Å². The summed E-state index contributed by atoms with van der Waals surface area (Å²) in [6.07, 6.45) is 0. The lowest BCUT2D eigenvalue weighted by molar-refractivity contribution is -0.139. The van der Waals surface area contributed by atoms with Crippen LogP contribution < -0.4 is 15.5 Å². The van der Waals surface area contributed by atoms with E-state index >= 15 is 0 Å². The Morgan fingerprint density at radius 3 is 2.10 bits per heavy atom. The molecule has 0 saturated carbocycles. The highest BCUT2D eigenvalue weighted by molar-refractivity contribution is 6.35. The predicted molar refractivity (Wildman–Crippen MR) is 117 cm³/mol. The Bertz CT molecular complexity index is 654. The lowest BCUT2D eigenvalue weighted by atomic mass is 10.0. The van der Waals surface area contributed by atoms with Crippen LogP contribution in [-0.4, -0.2) is 108 Å². The van der Waals surface area contributed by atoms with Crippen LogP contribution in [0.2, 0.25) is 0 Å². The average molecular weight is 405 g/mol. The minimum absolute atomic E-state index is 0.0402. The van der Waals surface area contributed by atoms with E-state index in [1.807, 2.05) is 33.1 Å². The van der Waals surface area contributed by atoms with E-state index in [-0.39, 0.29) is 6.04 Å². The minimum atomic E-state index is -0.577. The summed E-state index contributed by atoms with van der Waals surface area (Å²) in [6, 6.07) is 8.45. The van der Waals surface area contributed by atoms with Crippen LogP contribution in [-0.2, 0) is 9.59 Å². The zero-order chi connectivity index (χ0) is 21.4. The number of nitrogens with zero attached hydrogens (tertiary/aromatic N) is 4. The highest BCUT2D eigenvalue weighted by atomic mass is 16.2. The molecule has 8 nitrogen and oxygen atoms in total. The largest absolute Gasteiger partial charge is 0.378 e. The molecule has 1 aliphatic heterocycles. The van der Waals surface area contributed by atoms with Gasteiger partial charge in [0.05, 0.1) is 6.04 Å². The quantitative estimate of drug-likeness (QED) is 0.587. The van der Waals surface area contributed by atoms with Crippen LogP contribution in [0, 0.1) is 0 Å². The number of rotatable bonds is 8. The molecular formula is C21H36N6O2. The van der Waals surface area contributed by atoms with Crippen LogP contribution in [0.4, 0.5) is 5.69 Å². The first-order chi connectivity index (χ1) is 13.8. The third-order valence-corrected chi connectivity index (χ3v) is 5.28. The van der Waals surface area contributed by atoms with Crippen molar-refractivity contribution in [3.05, 3.63) is 29.8 Å². The molecule has 0 radical (unpaired) electrons. The summed E-state index contributed by atoms with van der Waals surface area (Å²) in [7, 11) is 10.0. The first-order valence-electron chi connectivity index (χ1n) is 10.2. The molecule has 0 bridgehead atoms. The monoisotopic (exact) mass is 404 g/mol. The van der Waals surface area contributed by atoms with Gasteiger partial charge < -0.3 is 25.3 Å². The van der Waals surface area contributed by atoms with Gasteiger partial charge in [-0.3, -0.25) is 14.5 Å². The zero-order valence-electron chi connectivity index (χ0n) is 18.4. The van der Waals surface area contributed by atoms with E-state index in [0.29, 0.717) is 19.6 Å². The number of benzene rings is 1. The fourth-order valence-electron chi connectivity index (χ4n) is 3.33. The van der Waals surface area contributed by atoms with Crippen molar-refractivity contribution in [1.82, 2.24) is 25.3 Å². The molecule has 162 valence electrons. The summed E-state index contributed by atoms with van der Waals surface area (Å²) in [5.74, 6) is -1.15. The highest BCUT2D eigenvalue weighted by Crippen LogP contribution is 2.24. The molecule has 2 amide bonds. The number of piperazine rings is 1. The third kappa shape index (κ3) is 7.30. The molecule has 8 heteroatoms. The van der Waals surface area contributed by atoms with Crippen LogP contribution >= 0.6 is 0 Å². The molecule has 0 spiro atoms. The zero-order valence-corrected chi connectivity index (χ0v) is 18.4. The van der Waals surface area contributed by atoms with E-state index in [2.05, 4.69) is 56.6 Å². The lowest BCUT2D eigenvalue weighted by Crippen LogP contribution is -2.50. The Labute approximate surface area is 174 Å². The van der Waals surface area contributed by atoms with Gasteiger partial charge in [-0.1, -0.05) is 12.1 Å². The molecule has 2 N–H and O–H groups in total. The fraction of sp³-hybridized carbons (Fsp3) is 0.619. The maximum absolute atomic E-state index is 12.3. The van der Waals surface area contributed by atoms with Gasteiger partial charge in [-0.05, 0) is 38.8 Å². The van der Waals surface area contributed by atoms with Crippen molar-refractivity contribution in [2.75, 3.05) is 86.0 Å². The van der Waals surface area contributed by atoms with Gasteiger partial charge in [0.15, 0.2) is 0 Å². The van der Waals surface area contributed by atoms with Gasteiger partial charge in [-0.25, -0.2) is 0 Å². The molecule has 1 aliphatic rings. The number of anilines is 1. The van der Waals surface area contributed by atoms with Crippen molar-refractivity contribution >= 4 is 17.5 Å². The second-order valence-corrected chi connectivity index (χ2v) is 8.11. The molecule has 0 aliphatic carbocycles. The van der Waals surface area contributed by atoms with Crippen molar-refractivity contribution in [3.63, 3.8) is 0 Å². The Morgan fingerprint density at radius 2 is 1.55 bits per heavy atom. The minimum Gasteiger partial charge on any atom is -0.378 e. The van der Waals surface area contributed by atoms with E-state index in [9.17, 15) is 9.59 Å². The third-order valence-electron chi connectivity index (χ3n) is 5.28. The van der Waals surface area contributed by atoms with Gasteiger partial charge in [0.25, 0.3) is 0 Å². The standard InChI is InChI=1S/C21H36N6O2/c1-24(2)11-10-22-20(28)21(29)23-16-19(27-14-12-26(5)13-15-27)17-6-8-18(9-7-17)25(3)4/h6-9,19H,10-16H2,1-5H3,(H,22,28)(H,23,29). The SMILES string of the molecule is CN(C)CCNC(=O)C(=O)NCC(c1ccc(N(C)C)cc1)N1CCN(C)CC1. The molecule has 1 atom stereocenters. The van der Waals surface area contributed by atoms with Crippen LogP contribution in [0.3, 0.4) is 0 Å². The Kier molecular flexibility index (Phi) is 8.88. The van der Waals surface area contributed by atoms with Crippen molar-refractivity contribution in [2.24, 2.45) is 0 Å². The smallest absolute Gasteiger partial charge is 0.309 e. The molecule has 1 saturated heterocycles. The number of likely N-dealkylation sites (N-methyl/N-ethyl adjacent to an activating group) is 2. The summed E-state index contributed by atoms with van der Waals surface area (Å²) in [4.78, 5) is 33.0. The molecular weight excluding hydrogens is 368 g/mol. The molecule has 29 heavy (non-hydrogen) atoms. The molecule has 2 rings (SSSR count). The van der Waals surface area contributed by atoms with Crippen molar-refractivity contribution in [1.29, 1.82) is 0 Å². The normalized spacial score (nSPS) is 16.5. The number of nitrogens with one attached hydrogen (secondary N) is 2. The summed E-state index contributed by atoms with van der Waals surface area (Å²) < 4.78 is 0. The topological polar surface area (TPSA) is 71.2 Å². The van der Waals surface area contributed by atoms with Crippen LogP contribution in [0.5, 0.6) is 0 Å². The Balaban J connectivity index is 2.01. The molecule has 0 aromatic heterocycles. The first-order valence-corrected chi connectivity index (χ1v) is 10.2. The predicted octanol–water partition coefficient (Wildman–Crippen LogP) is -0.165. The number of hydrogen-bond donors (Lipinski definition) is 2. The highest BCUT2D eigenvalue weighted by Gasteiger charge is 2.25. The van der Waals surface area contributed by atoms with E-state index in [1.165, 1.54) is 0 Å². The number of hydrogen-bond acceptors (Lipinski definition) is 6. The second-order valence-electron chi connectivity index (χ2n) is 8.11. The van der Waals surface area contributed by atoms with Gasteiger partial charge >= 0.3 is 11.8 Å². The summed E-state index contributed by atoms with van der Waals surface area (Å²) in [5, 5.41) is 5.50. The summed E-state index contributed by atoms with van der Waals surface area (Å²) in [6.45, 7) is 5.40. The van der Waals surface area contributed by atoms with Crippen LogP contribution in [0.15, 0.2) is 24.3 Å².